The van der Waals surface area contributed by atoms with Crippen LogP contribution in [-0.4, -0.2) is 21.0 Å². The van der Waals surface area contributed by atoms with Gasteiger partial charge in [-0.3, -0.25) is 9.78 Å². The van der Waals surface area contributed by atoms with Crippen LogP contribution >= 0.6 is 0 Å². The first-order valence-corrected chi connectivity index (χ1v) is 7.32. The number of carbonyl (C=O) groups is 1. The van der Waals surface area contributed by atoms with E-state index in [9.17, 15) is 4.79 Å². The maximum Gasteiger partial charge on any atom is 0.227 e. The second kappa shape index (κ2) is 6.83. The number of hydrogen-bond donors (Lipinski definition) is 1. The molecule has 0 saturated carbocycles. The van der Waals surface area contributed by atoms with Crippen LogP contribution < -0.4 is 5.32 Å². The van der Waals surface area contributed by atoms with E-state index in [1.54, 1.807) is 12.3 Å². The molecule has 6 nitrogen and oxygen atoms in total. The highest BCUT2D eigenvalue weighted by Crippen LogP contribution is 2.15. The van der Waals surface area contributed by atoms with Crippen LogP contribution in [0.1, 0.15) is 17.9 Å². The molecule has 1 N–H and O–H groups in total. The van der Waals surface area contributed by atoms with Crippen LogP contribution in [0.5, 0.6) is 0 Å². The van der Waals surface area contributed by atoms with Gasteiger partial charge in [0.05, 0.1) is 0 Å². The first-order valence-electron chi connectivity index (χ1n) is 7.32. The Labute approximate surface area is 133 Å². The summed E-state index contributed by atoms with van der Waals surface area (Å²) in [6.07, 6.45) is 2.33. The zero-order valence-electron chi connectivity index (χ0n) is 12.7. The molecule has 0 unspecified atom stereocenters. The van der Waals surface area contributed by atoms with Crippen LogP contribution in [0.4, 0.5) is 5.69 Å². The topological polar surface area (TPSA) is 80.9 Å². The molecule has 6 heteroatoms. The summed E-state index contributed by atoms with van der Waals surface area (Å²) < 4.78 is 5.16. The van der Waals surface area contributed by atoms with Crippen molar-refractivity contribution in [2.45, 2.75) is 19.8 Å². The molecule has 0 radical (unpaired) electrons. The van der Waals surface area contributed by atoms with Crippen LogP contribution in [0.2, 0.25) is 0 Å². The summed E-state index contributed by atoms with van der Waals surface area (Å²) in [5.74, 6) is 0.766. The molecule has 0 aliphatic heterocycles. The predicted octanol–water partition coefficient (Wildman–Crippen LogP) is 3.01. The number of aromatic nitrogens is 3. The Kier molecular flexibility index (Phi) is 4.42. The lowest BCUT2D eigenvalue weighted by Crippen LogP contribution is -2.13. The lowest BCUT2D eigenvalue weighted by Gasteiger charge is -2.06. The summed E-state index contributed by atoms with van der Waals surface area (Å²) in [5, 5.41) is 6.76. The normalized spacial score (nSPS) is 10.5. The van der Waals surface area contributed by atoms with Gasteiger partial charge in [-0.1, -0.05) is 29.4 Å². The molecule has 1 amide bonds. The number of rotatable bonds is 5. The third-order valence-corrected chi connectivity index (χ3v) is 3.35. The Bertz CT molecular complexity index is 799. The van der Waals surface area contributed by atoms with Gasteiger partial charge in [0.15, 0.2) is 0 Å². The fraction of sp³-hybridized carbons (Fsp3) is 0.176. The fourth-order valence-electron chi connectivity index (χ4n) is 2.10. The van der Waals surface area contributed by atoms with Crippen molar-refractivity contribution in [2.24, 2.45) is 0 Å². The number of amides is 1. The fourth-order valence-corrected chi connectivity index (χ4v) is 2.10. The monoisotopic (exact) mass is 308 g/mol. The molecule has 0 bridgehead atoms. The van der Waals surface area contributed by atoms with E-state index in [1.165, 1.54) is 0 Å². The maximum absolute atomic E-state index is 12.0. The van der Waals surface area contributed by atoms with Crippen molar-refractivity contribution in [2.75, 3.05) is 5.32 Å². The number of nitrogens with zero attached hydrogens (tertiary/aromatic N) is 3. The van der Waals surface area contributed by atoms with E-state index < -0.39 is 0 Å². The second-order valence-corrected chi connectivity index (χ2v) is 5.09. The highest BCUT2D eigenvalue weighted by molar-refractivity contribution is 5.91. The van der Waals surface area contributed by atoms with E-state index in [4.69, 9.17) is 4.52 Å². The van der Waals surface area contributed by atoms with E-state index >= 15 is 0 Å². The van der Waals surface area contributed by atoms with E-state index in [0.717, 1.165) is 11.3 Å². The average Bonchev–Trinajstić information content (AvgIpc) is 3.05. The van der Waals surface area contributed by atoms with Crippen molar-refractivity contribution in [3.05, 3.63) is 60.1 Å². The number of para-hydroxylation sites is 1. The van der Waals surface area contributed by atoms with Crippen molar-refractivity contribution >= 4 is 11.6 Å². The molecule has 0 atom stereocenters. The quantitative estimate of drug-likeness (QED) is 0.783. The third kappa shape index (κ3) is 3.79. The molecule has 23 heavy (non-hydrogen) atoms. The van der Waals surface area contributed by atoms with Gasteiger partial charge < -0.3 is 9.84 Å². The van der Waals surface area contributed by atoms with Crippen molar-refractivity contribution in [3.63, 3.8) is 0 Å². The minimum absolute atomic E-state index is 0.0862. The van der Waals surface area contributed by atoms with Gasteiger partial charge in [-0.05, 0) is 30.7 Å². The van der Waals surface area contributed by atoms with E-state index in [1.807, 2.05) is 43.3 Å². The van der Waals surface area contributed by atoms with Crippen molar-refractivity contribution < 1.29 is 9.32 Å². The SMILES string of the molecule is Cc1ccccc1NC(=O)CCc1nc(-c2ccccn2)no1. The van der Waals surface area contributed by atoms with Crippen molar-refractivity contribution in [1.82, 2.24) is 15.1 Å². The van der Waals surface area contributed by atoms with Gasteiger partial charge in [0.2, 0.25) is 17.6 Å². The maximum atomic E-state index is 12.0. The molecule has 0 saturated heterocycles. The molecule has 2 heterocycles. The molecule has 2 aromatic heterocycles. The zero-order chi connectivity index (χ0) is 16.1. The number of nitrogens with one attached hydrogen (secondary N) is 1. The molecule has 3 aromatic rings. The lowest BCUT2D eigenvalue weighted by atomic mass is 10.2. The molecule has 0 aliphatic rings. The van der Waals surface area contributed by atoms with Crippen LogP contribution in [0.15, 0.2) is 53.2 Å². The molecule has 0 fully saturated rings. The highest BCUT2D eigenvalue weighted by atomic mass is 16.5. The standard InChI is InChI=1S/C17H16N4O2/c1-12-6-2-3-7-13(12)19-15(22)9-10-16-20-17(21-23-16)14-8-4-5-11-18-14/h2-8,11H,9-10H2,1H3,(H,19,22). The minimum atomic E-state index is -0.0862. The van der Waals surface area contributed by atoms with Gasteiger partial charge in [0.1, 0.15) is 5.69 Å². The number of anilines is 1. The average molecular weight is 308 g/mol. The van der Waals surface area contributed by atoms with Gasteiger partial charge in [-0.2, -0.15) is 4.98 Å². The third-order valence-electron chi connectivity index (χ3n) is 3.35. The Balaban J connectivity index is 1.58. The molecule has 0 spiro atoms. The molecule has 3 rings (SSSR count). The number of benzene rings is 1. The Morgan fingerprint density at radius 3 is 2.78 bits per heavy atom. The summed E-state index contributed by atoms with van der Waals surface area (Å²) >= 11 is 0. The number of carbonyl (C=O) groups excluding carboxylic acids is 1. The molecule has 0 aliphatic carbocycles. The Morgan fingerprint density at radius 1 is 1.17 bits per heavy atom. The first-order chi connectivity index (χ1) is 11.2. The van der Waals surface area contributed by atoms with Crippen LogP contribution in [0, 0.1) is 6.92 Å². The summed E-state index contributed by atoms with van der Waals surface area (Å²) in [6, 6.07) is 13.1. The van der Waals surface area contributed by atoms with Gasteiger partial charge >= 0.3 is 0 Å². The summed E-state index contributed by atoms with van der Waals surface area (Å²) in [5.41, 5.74) is 2.49. The van der Waals surface area contributed by atoms with Crippen LogP contribution in [0.3, 0.4) is 0 Å². The molecular weight excluding hydrogens is 292 g/mol. The summed E-state index contributed by atoms with van der Waals surface area (Å²) in [7, 11) is 0. The smallest absolute Gasteiger partial charge is 0.227 e. The predicted molar refractivity (Wildman–Crippen MR) is 85.7 cm³/mol. The van der Waals surface area contributed by atoms with Crippen molar-refractivity contribution in [1.29, 1.82) is 0 Å². The number of hydrogen-bond acceptors (Lipinski definition) is 5. The van der Waals surface area contributed by atoms with E-state index in [2.05, 4.69) is 20.4 Å². The first kappa shape index (κ1) is 14.9. The summed E-state index contributed by atoms with van der Waals surface area (Å²) in [6.45, 7) is 1.95. The van der Waals surface area contributed by atoms with Gasteiger partial charge in [0, 0.05) is 24.7 Å². The number of aryl methyl sites for hydroxylation is 2. The number of pyridine rings is 1. The Morgan fingerprint density at radius 2 is 2.00 bits per heavy atom. The van der Waals surface area contributed by atoms with E-state index in [0.29, 0.717) is 23.8 Å². The molecular formula is C17H16N4O2. The highest BCUT2D eigenvalue weighted by Gasteiger charge is 2.11. The summed E-state index contributed by atoms with van der Waals surface area (Å²) in [4.78, 5) is 20.4. The Hall–Kier alpha value is -3.02. The molecule has 116 valence electrons. The van der Waals surface area contributed by atoms with Gasteiger partial charge in [0.25, 0.3) is 0 Å². The van der Waals surface area contributed by atoms with E-state index in [-0.39, 0.29) is 12.3 Å². The van der Waals surface area contributed by atoms with Crippen LogP contribution in [0.25, 0.3) is 11.5 Å². The molecule has 1 aromatic carbocycles. The van der Waals surface area contributed by atoms with Crippen LogP contribution in [-0.2, 0) is 11.2 Å². The van der Waals surface area contributed by atoms with Crippen molar-refractivity contribution in [3.8, 4) is 11.5 Å². The zero-order valence-corrected chi connectivity index (χ0v) is 12.7. The second-order valence-electron chi connectivity index (χ2n) is 5.09. The minimum Gasteiger partial charge on any atom is -0.339 e. The van der Waals surface area contributed by atoms with Gasteiger partial charge in [-0.25, -0.2) is 0 Å². The largest absolute Gasteiger partial charge is 0.339 e. The lowest BCUT2D eigenvalue weighted by molar-refractivity contribution is -0.116. The van der Waals surface area contributed by atoms with Gasteiger partial charge in [-0.15, -0.1) is 0 Å².